The lowest BCUT2D eigenvalue weighted by Gasteiger charge is -2.08. The lowest BCUT2D eigenvalue weighted by molar-refractivity contribution is 0.0945. The molecular weight excluding hydrogens is 274 g/mol. The van der Waals surface area contributed by atoms with Gasteiger partial charge in [0.15, 0.2) is 0 Å². The van der Waals surface area contributed by atoms with E-state index in [0.717, 1.165) is 55.7 Å². The first-order valence-electron chi connectivity index (χ1n) is 8.28. The van der Waals surface area contributed by atoms with E-state index in [2.05, 4.69) is 22.0 Å². The zero-order chi connectivity index (χ0) is 14.9. The molecule has 4 nitrogen and oxygen atoms in total. The average molecular weight is 295 g/mol. The van der Waals surface area contributed by atoms with Gasteiger partial charge < -0.3 is 9.88 Å². The molecule has 1 fully saturated rings. The van der Waals surface area contributed by atoms with Gasteiger partial charge in [-0.05, 0) is 32.1 Å². The van der Waals surface area contributed by atoms with Crippen LogP contribution >= 0.6 is 0 Å². The number of nitrogens with zero attached hydrogens (tertiary/aromatic N) is 2. The highest BCUT2D eigenvalue weighted by Crippen LogP contribution is 2.28. The Morgan fingerprint density at radius 1 is 1.14 bits per heavy atom. The fourth-order valence-electron chi connectivity index (χ4n) is 3.19. The second-order valence-electron chi connectivity index (χ2n) is 6.31. The van der Waals surface area contributed by atoms with Crippen molar-refractivity contribution >= 4 is 5.91 Å². The number of imidazole rings is 1. The van der Waals surface area contributed by atoms with Crippen molar-refractivity contribution in [3.63, 3.8) is 0 Å². The van der Waals surface area contributed by atoms with Crippen molar-refractivity contribution < 1.29 is 4.79 Å². The minimum atomic E-state index is 0.00957. The number of nitrogens with one attached hydrogen (secondary N) is 1. The van der Waals surface area contributed by atoms with E-state index >= 15 is 0 Å². The van der Waals surface area contributed by atoms with Gasteiger partial charge in [-0.3, -0.25) is 4.79 Å². The number of carbonyl (C=O) groups is 1. The molecule has 0 spiro atoms. The molecule has 22 heavy (non-hydrogen) atoms. The summed E-state index contributed by atoms with van der Waals surface area (Å²) in [6.07, 6.45) is 6.68. The van der Waals surface area contributed by atoms with E-state index in [0.29, 0.717) is 11.7 Å². The summed E-state index contributed by atoms with van der Waals surface area (Å²) in [7, 11) is 0. The van der Waals surface area contributed by atoms with Gasteiger partial charge >= 0.3 is 0 Å². The van der Waals surface area contributed by atoms with Gasteiger partial charge in [-0.25, -0.2) is 4.98 Å². The van der Waals surface area contributed by atoms with Crippen LogP contribution in [0.15, 0.2) is 30.3 Å². The van der Waals surface area contributed by atoms with E-state index in [1.54, 1.807) is 0 Å². The normalized spacial score (nSPS) is 17.6. The highest BCUT2D eigenvalue weighted by atomic mass is 16.2. The SMILES string of the molecule is O=C(NC1CC1)c1nc(-c2ccccc2)n2c1CCCCC2. The first kappa shape index (κ1) is 13.6. The van der Waals surface area contributed by atoms with E-state index in [4.69, 9.17) is 4.98 Å². The van der Waals surface area contributed by atoms with Crippen molar-refractivity contribution in [2.45, 2.75) is 51.1 Å². The van der Waals surface area contributed by atoms with E-state index < -0.39 is 0 Å². The maximum absolute atomic E-state index is 12.5. The molecule has 0 atom stereocenters. The van der Waals surface area contributed by atoms with Crippen LogP contribution in [0.5, 0.6) is 0 Å². The second kappa shape index (κ2) is 5.59. The van der Waals surface area contributed by atoms with Crippen molar-refractivity contribution in [2.24, 2.45) is 0 Å². The molecule has 1 saturated carbocycles. The Labute approximate surface area is 130 Å². The third kappa shape index (κ3) is 2.54. The fourth-order valence-corrected chi connectivity index (χ4v) is 3.19. The minimum Gasteiger partial charge on any atom is -0.348 e. The highest BCUT2D eigenvalue weighted by Gasteiger charge is 2.28. The van der Waals surface area contributed by atoms with Gasteiger partial charge in [-0.1, -0.05) is 36.8 Å². The number of carbonyl (C=O) groups excluding carboxylic acids is 1. The Bertz CT molecular complexity index is 686. The molecule has 4 heteroatoms. The van der Waals surface area contributed by atoms with Gasteiger partial charge in [0.1, 0.15) is 11.5 Å². The number of benzene rings is 1. The highest BCUT2D eigenvalue weighted by molar-refractivity contribution is 5.94. The van der Waals surface area contributed by atoms with Gasteiger partial charge in [-0.15, -0.1) is 0 Å². The second-order valence-corrected chi connectivity index (χ2v) is 6.31. The molecule has 0 unspecified atom stereocenters. The van der Waals surface area contributed by atoms with Gasteiger partial charge in [0, 0.05) is 18.2 Å². The molecule has 0 radical (unpaired) electrons. The molecule has 114 valence electrons. The predicted octanol–water partition coefficient (Wildman–Crippen LogP) is 3.17. The first-order chi connectivity index (χ1) is 10.8. The molecule has 2 aromatic rings. The third-order valence-corrected chi connectivity index (χ3v) is 4.53. The zero-order valence-corrected chi connectivity index (χ0v) is 12.7. The number of amides is 1. The maximum atomic E-state index is 12.5. The summed E-state index contributed by atoms with van der Waals surface area (Å²) in [5.41, 5.74) is 2.86. The average Bonchev–Trinajstić information content (AvgIpc) is 3.32. The summed E-state index contributed by atoms with van der Waals surface area (Å²) in [5.74, 6) is 0.953. The summed E-state index contributed by atoms with van der Waals surface area (Å²) < 4.78 is 2.27. The number of rotatable bonds is 3. The van der Waals surface area contributed by atoms with Crippen LogP contribution in [0.25, 0.3) is 11.4 Å². The molecule has 1 aliphatic carbocycles. The third-order valence-electron chi connectivity index (χ3n) is 4.53. The predicted molar refractivity (Wildman–Crippen MR) is 85.7 cm³/mol. The molecule has 0 saturated heterocycles. The molecule has 2 aliphatic rings. The van der Waals surface area contributed by atoms with Crippen LogP contribution in [0, 0.1) is 0 Å². The maximum Gasteiger partial charge on any atom is 0.272 e. The Kier molecular flexibility index (Phi) is 3.45. The summed E-state index contributed by atoms with van der Waals surface area (Å²) in [5, 5.41) is 3.09. The van der Waals surface area contributed by atoms with Crippen molar-refractivity contribution in [2.75, 3.05) is 0 Å². The number of aromatic nitrogens is 2. The molecule has 0 bridgehead atoms. The molecule has 1 aromatic carbocycles. The van der Waals surface area contributed by atoms with E-state index in [-0.39, 0.29) is 5.91 Å². The fraction of sp³-hybridized carbons (Fsp3) is 0.444. The molecule has 4 rings (SSSR count). The van der Waals surface area contributed by atoms with E-state index in [1.165, 1.54) is 6.42 Å². The standard InChI is InChI=1S/C18H21N3O/c22-18(19-14-10-11-14)16-15-9-5-2-6-12-21(15)17(20-16)13-7-3-1-4-8-13/h1,3-4,7-8,14H,2,5-6,9-12H2,(H,19,22). The van der Waals surface area contributed by atoms with Crippen LogP contribution in [0.3, 0.4) is 0 Å². The van der Waals surface area contributed by atoms with Crippen molar-refractivity contribution in [3.05, 3.63) is 41.7 Å². The largest absolute Gasteiger partial charge is 0.348 e. The van der Waals surface area contributed by atoms with Crippen LogP contribution in [0.2, 0.25) is 0 Å². The zero-order valence-electron chi connectivity index (χ0n) is 12.7. The smallest absolute Gasteiger partial charge is 0.272 e. The molecule has 2 heterocycles. The summed E-state index contributed by atoms with van der Waals surface area (Å²) in [4.78, 5) is 17.3. The van der Waals surface area contributed by atoms with E-state index in [9.17, 15) is 4.79 Å². The summed E-state index contributed by atoms with van der Waals surface area (Å²) >= 11 is 0. The number of hydrogen-bond donors (Lipinski definition) is 1. The van der Waals surface area contributed by atoms with Crippen LogP contribution in [-0.2, 0) is 13.0 Å². The molecule has 1 aliphatic heterocycles. The summed E-state index contributed by atoms with van der Waals surface area (Å²) in [6, 6.07) is 10.6. The van der Waals surface area contributed by atoms with Crippen LogP contribution < -0.4 is 5.32 Å². The van der Waals surface area contributed by atoms with Crippen molar-refractivity contribution in [3.8, 4) is 11.4 Å². The van der Waals surface area contributed by atoms with E-state index in [1.807, 2.05) is 18.2 Å². The van der Waals surface area contributed by atoms with Crippen LogP contribution in [-0.4, -0.2) is 21.5 Å². The molecule has 1 amide bonds. The summed E-state index contributed by atoms with van der Waals surface area (Å²) in [6.45, 7) is 0.962. The Morgan fingerprint density at radius 3 is 2.73 bits per heavy atom. The van der Waals surface area contributed by atoms with Gasteiger partial charge in [0.05, 0.1) is 5.69 Å². The van der Waals surface area contributed by atoms with Gasteiger partial charge in [-0.2, -0.15) is 0 Å². The number of hydrogen-bond acceptors (Lipinski definition) is 2. The van der Waals surface area contributed by atoms with Gasteiger partial charge in [0.25, 0.3) is 5.91 Å². The first-order valence-corrected chi connectivity index (χ1v) is 8.28. The Morgan fingerprint density at radius 2 is 1.95 bits per heavy atom. The Balaban J connectivity index is 1.77. The Hall–Kier alpha value is -2.10. The monoisotopic (exact) mass is 295 g/mol. The van der Waals surface area contributed by atoms with Crippen molar-refractivity contribution in [1.29, 1.82) is 0 Å². The quantitative estimate of drug-likeness (QED) is 0.945. The molecule has 1 aromatic heterocycles. The van der Waals surface area contributed by atoms with Crippen molar-refractivity contribution in [1.82, 2.24) is 14.9 Å². The number of fused-ring (bicyclic) bond motifs is 1. The molecular formula is C18H21N3O. The molecule has 1 N–H and O–H groups in total. The lowest BCUT2D eigenvalue weighted by atomic mass is 10.1. The van der Waals surface area contributed by atoms with Gasteiger partial charge in [0.2, 0.25) is 0 Å². The topological polar surface area (TPSA) is 46.9 Å². The van der Waals surface area contributed by atoms with Crippen LogP contribution in [0.4, 0.5) is 0 Å². The minimum absolute atomic E-state index is 0.00957. The lowest BCUT2D eigenvalue weighted by Crippen LogP contribution is -2.27. The van der Waals surface area contributed by atoms with Crippen LogP contribution in [0.1, 0.15) is 48.3 Å².